The van der Waals surface area contributed by atoms with Crippen LogP contribution in [0.3, 0.4) is 0 Å². The highest BCUT2D eigenvalue weighted by Crippen LogP contribution is 2.69. The van der Waals surface area contributed by atoms with E-state index in [1.54, 1.807) is 0 Å². The summed E-state index contributed by atoms with van der Waals surface area (Å²) in [5.74, 6) is 0.186. The highest BCUT2D eigenvalue weighted by Gasteiger charge is 2.61. The molecule has 0 aromatic heterocycles. The van der Waals surface area contributed by atoms with Crippen molar-refractivity contribution in [2.75, 3.05) is 0 Å². The predicted octanol–water partition coefficient (Wildman–Crippen LogP) is 1.26. The van der Waals surface area contributed by atoms with E-state index in [1.807, 2.05) is 0 Å². The molecule has 2 heteroatoms. The highest BCUT2D eigenvalue weighted by atomic mass is 16.4. The third kappa shape index (κ3) is 0.590. The maximum absolute atomic E-state index is 10.2. The summed E-state index contributed by atoms with van der Waals surface area (Å²) >= 11 is 0. The molecule has 0 heterocycles. The number of rotatable bonds is 2. The fourth-order valence-electron chi connectivity index (χ4n) is 2.00. The van der Waals surface area contributed by atoms with E-state index in [-0.39, 0.29) is 0 Å². The summed E-state index contributed by atoms with van der Waals surface area (Å²) in [4.78, 5) is 10.2. The van der Waals surface area contributed by atoms with Gasteiger partial charge in [0, 0.05) is 0 Å². The number of carboxylic acid groups (broad SMARTS) is 1. The summed E-state index contributed by atoms with van der Waals surface area (Å²) in [7, 11) is 0. The second kappa shape index (κ2) is 1.31. The quantitative estimate of drug-likeness (QED) is 0.604. The molecule has 50 valence electrons. The molecule has 0 aliphatic heterocycles. The van der Waals surface area contributed by atoms with E-state index in [9.17, 15) is 4.79 Å². The molecule has 0 aromatic rings. The van der Waals surface area contributed by atoms with Crippen LogP contribution >= 0.6 is 0 Å². The topological polar surface area (TPSA) is 37.3 Å². The van der Waals surface area contributed by atoms with Crippen molar-refractivity contribution in [3.63, 3.8) is 0 Å². The first kappa shape index (κ1) is 5.27. The van der Waals surface area contributed by atoms with E-state index in [2.05, 4.69) is 0 Å². The zero-order valence-corrected chi connectivity index (χ0v) is 5.26. The first-order chi connectivity index (χ1) is 4.23. The van der Waals surface area contributed by atoms with Gasteiger partial charge in [0.1, 0.15) is 0 Å². The number of hydrogen-bond acceptors (Lipinski definition) is 1. The summed E-state index contributed by atoms with van der Waals surface area (Å²) in [6, 6.07) is 0. The normalized spacial score (nSPS) is 45.1. The van der Waals surface area contributed by atoms with E-state index in [1.165, 1.54) is 19.3 Å². The molecule has 9 heavy (non-hydrogen) atoms. The van der Waals surface area contributed by atoms with Crippen LogP contribution < -0.4 is 0 Å². The third-order valence-corrected chi connectivity index (χ3v) is 2.85. The summed E-state index contributed by atoms with van der Waals surface area (Å²) in [5.41, 5.74) is 0.311. The Kier molecular flexibility index (Phi) is 0.765. The number of hydrogen-bond donors (Lipinski definition) is 1. The minimum Gasteiger partial charge on any atom is -0.481 e. The first-order valence-electron chi connectivity index (χ1n) is 3.45. The Morgan fingerprint density at radius 3 is 2.67 bits per heavy atom. The van der Waals surface area contributed by atoms with Crippen molar-refractivity contribution in [1.82, 2.24) is 0 Å². The van der Waals surface area contributed by atoms with E-state index in [4.69, 9.17) is 5.11 Å². The maximum Gasteiger partial charge on any atom is 0.303 e. The van der Waals surface area contributed by atoms with Crippen molar-refractivity contribution >= 4 is 5.97 Å². The fourth-order valence-corrected chi connectivity index (χ4v) is 2.00. The van der Waals surface area contributed by atoms with Crippen LogP contribution in [-0.4, -0.2) is 11.1 Å². The number of carboxylic acids is 1. The lowest BCUT2D eigenvalue weighted by molar-refractivity contribution is -0.139. The first-order valence-corrected chi connectivity index (χ1v) is 3.45. The third-order valence-electron chi connectivity index (χ3n) is 2.85. The summed E-state index contributed by atoms with van der Waals surface area (Å²) in [5, 5.41) is 8.44. The second-order valence-corrected chi connectivity index (χ2v) is 3.37. The maximum atomic E-state index is 10.2. The van der Waals surface area contributed by atoms with E-state index >= 15 is 0 Å². The molecule has 0 saturated heterocycles. The summed E-state index contributed by atoms with van der Waals surface area (Å²) in [6.45, 7) is 0. The Bertz CT molecular complexity index is 160. The van der Waals surface area contributed by atoms with Gasteiger partial charge in [-0.3, -0.25) is 4.79 Å². The van der Waals surface area contributed by atoms with Crippen LogP contribution in [0.4, 0.5) is 0 Å². The Morgan fingerprint density at radius 2 is 2.56 bits per heavy atom. The monoisotopic (exact) mass is 126 g/mol. The van der Waals surface area contributed by atoms with Crippen molar-refractivity contribution in [2.45, 2.75) is 25.7 Å². The van der Waals surface area contributed by atoms with Gasteiger partial charge in [0.2, 0.25) is 0 Å². The number of fused-ring (bicyclic) bond motifs is 1. The molecule has 0 amide bonds. The smallest absolute Gasteiger partial charge is 0.303 e. The molecule has 0 spiro atoms. The van der Waals surface area contributed by atoms with Crippen molar-refractivity contribution < 1.29 is 9.90 Å². The molecule has 0 radical (unpaired) electrons. The summed E-state index contributed by atoms with van der Waals surface area (Å²) < 4.78 is 0. The van der Waals surface area contributed by atoms with Crippen LogP contribution in [0.5, 0.6) is 0 Å². The van der Waals surface area contributed by atoms with E-state index < -0.39 is 5.97 Å². The second-order valence-electron chi connectivity index (χ2n) is 3.37. The standard InChI is InChI=1S/C7H10O2/c8-6(9)4-7-2-1-5(7)3-7/h5H,1-4H2,(H,8,9). The average molecular weight is 126 g/mol. The largest absolute Gasteiger partial charge is 0.481 e. The Morgan fingerprint density at radius 1 is 1.78 bits per heavy atom. The summed E-state index contributed by atoms with van der Waals surface area (Å²) in [6.07, 6.45) is 4.08. The van der Waals surface area contributed by atoms with Crippen LogP contribution in [-0.2, 0) is 4.79 Å². The molecule has 2 atom stereocenters. The van der Waals surface area contributed by atoms with Crippen molar-refractivity contribution in [1.29, 1.82) is 0 Å². The molecule has 2 nitrogen and oxygen atoms in total. The molecule has 1 N–H and O–H groups in total. The lowest BCUT2D eigenvalue weighted by Gasteiger charge is -2.22. The molecular formula is C7H10O2. The van der Waals surface area contributed by atoms with Crippen molar-refractivity contribution in [3.05, 3.63) is 0 Å². The minimum atomic E-state index is -0.614. The molecule has 2 fully saturated rings. The van der Waals surface area contributed by atoms with Crippen LogP contribution in [0.25, 0.3) is 0 Å². The molecule has 2 unspecified atom stereocenters. The van der Waals surface area contributed by atoms with Gasteiger partial charge in [-0.05, 0) is 30.6 Å². The van der Waals surface area contributed by atoms with Crippen LogP contribution in [0.15, 0.2) is 0 Å². The van der Waals surface area contributed by atoms with Crippen LogP contribution in [0.2, 0.25) is 0 Å². The van der Waals surface area contributed by atoms with E-state index in [0.717, 1.165) is 5.92 Å². The van der Waals surface area contributed by atoms with Gasteiger partial charge >= 0.3 is 5.97 Å². The van der Waals surface area contributed by atoms with Crippen molar-refractivity contribution in [2.24, 2.45) is 11.3 Å². The SMILES string of the molecule is O=C(O)CC12CCC1C2. The predicted molar refractivity (Wildman–Crippen MR) is 32.0 cm³/mol. The van der Waals surface area contributed by atoms with Gasteiger partial charge in [0.25, 0.3) is 0 Å². The van der Waals surface area contributed by atoms with Gasteiger partial charge in [-0.1, -0.05) is 0 Å². The molecule has 2 aliphatic rings. The van der Waals surface area contributed by atoms with Crippen LogP contribution in [0.1, 0.15) is 25.7 Å². The van der Waals surface area contributed by atoms with Crippen LogP contribution in [0, 0.1) is 11.3 Å². The number of aliphatic carboxylic acids is 1. The fraction of sp³-hybridized carbons (Fsp3) is 0.857. The minimum absolute atomic E-state index is 0.311. The molecular weight excluding hydrogens is 116 g/mol. The Labute approximate surface area is 53.9 Å². The lowest BCUT2D eigenvalue weighted by atomic mass is 9.82. The molecule has 0 aromatic carbocycles. The lowest BCUT2D eigenvalue weighted by Crippen LogP contribution is -2.18. The van der Waals surface area contributed by atoms with Gasteiger partial charge in [-0.25, -0.2) is 0 Å². The zero-order chi connectivity index (χ0) is 6.48. The van der Waals surface area contributed by atoms with E-state index in [0.29, 0.717) is 11.8 Å². The van der Waals surface area contributed by atoms with Crippen molar-refractivity contribution in [3.8, 4) is 0 Å². The molecule has 2 saturated carbocycles. The van der Waals surface area contributed by atoms with Gasteiger partial charge in [-0.15, -0.1) is 0 Å². The highest BCUT2D eigenvalue weighted by molar-refractivity contribution is 5.68. The Balaban J connectivity index is 1.94. The van der Waals surface area contributed by atoms with Gasteiger partial charge in [0.05, 0.1) is 6.42 Å². The Hall–Kier alpha value is -0.530. The molecule has 2 aliphatic carbocycles. The van der Waals surface area contributed by atoms with Gasteiger partial charge in [0.15, 0.2) is 0 Å². The molecule has 0 bridgehead atoms. The molecule has 2 rings (SSSR count). The average Bonchev–Trinajstić information content (AvgIpc) is 2.16. The van der Waals surface area contributed by atoms with Gasteiger partial charge < -0.3 is 5.11 Å². The number of carbonyl (C=O) groups is 1. The van der Waals surface area contributed by atoms with Gasteiger partial charge in [-0.2, -0.15) is 0 Å². The zero-order valence-electron chi connectivity index (χ0n) is 5.26.